The van der Waals surface area contributed by atoms with Gasteiger partial charge in [-0.25, -0.2) is 13.6 Å². The van der Waals surface area contributed by atoms with E-state index < -0.39 is 10.0 Å². The monoisotopic (exact) mass is 281 g/mol. The summed E-state index contributed by atoms with van der Waals surface area (Å²) in [5.41, 5.74) is 0. The van der Waals surface area contributed by atoms with E-state index >= 15 is 0 Å². The summed E-state index contributed by atoms with van der Waals surface area (Å²) in [5, 5.41) is 6.47. The molecule has 0 amide bonds. The van der Waals surface area contributed by atoms with Gasteiger partial charge >= 0.3 is 0 Å². The third-order valence-corrected chi connectivity index (χ3v) is 3.66. The smallest absolute Gasteiger partial charge is 0.238 e. The Labute approximate surface area is 112 Å². The van der Waals surface area contributed by atoms with Crippen molar-refractivity contribution in [3.05, 3.63) is 36.4 Å². The summed E-state index contributed by atoms with van der Waals surface area (Å²) < 4.78 is 33.6. The van der Waals surface area contributed by atoms with Gasteiger partial charge in [-0.1, -0.05) is 24.3 Å². The molecule has 102 valence electrons. The van der Waals surface area contributed by atoms with Gasteiger partial charge in [-0.2, -0.15) is 0 Å². The van der Waals surface area contributed by atoms with Gasteiger partial charge in [0.1, 0.15) is 12.4 Å². The van der Waals surface area contributed by atoms with Crippen molar-refractivity contribution in [1.82, 2.24) is 0 Å². The standard InChI is InChI=1S/C13H15NO4S/c1-17-8-9-18-12-6-7-13(19(14,15)16)11-5-3-2-4-10(11)12/h2-7H,8-9H2,1H3,(H2,14,15,16). The minimum absolute atomic E-state index is 0.0993. The van der Waals surface area contributed by atoms with E-state index in [1.54, 1.807) is 31.4 Å². The van der Waals surface area contributed by atoms with E-state index in [1.165, 1.54) is 6.07 Å². The van der Waals surface area contributed by atoms with E-state index in [1.807, 2.05) is 6.07 Å². The first kappa shape index (κ1) is 13.8. The Morgan fingerprint density at radius 1 is 1.05 bits per heavy atom. The summed E-state index contributed by atoms with van der Waals surface area (Å²) in [6.45, 7) is 0.862. The topological polar surface area (TPSA) is 78.6 Å². The van der Waals surface area contributed by atoms with E-state index in [0.29, 0.717) is 29.7 Å². The molecule has 0 saturated heterocycles. The largest absolute Gasteiger partial charge is 0.491 e. The molecule has 5 nitrogen and oxygen atoms in total. The Morgan fingerprint density at radius 2 is 1.74 bits per heavy atom. The number of hydrogen-bond donors (Lipinski definition) is 1. The van der Waals surface area contributed by atoms with E-state index in [9.17, 15) is 8.42 Å². The number of rotatable bonds is 5. The zero-order chi connectivity index (χ0) is 13.9. The number of methoxy groups -OCH3 is 1. The second kappa shape index (κ2) is 5.56. The number of benzene rings is 2. The lowest BCUT2D eigenvalue weighted by molar-refractivity contribution is 0.147. The van der Waals surface area contributed by atoms with Crippen LogP contribution >= 0.6 is 0 Å². The van der Waals surface area contributed by atoms with Crippen molar-refractivity contribution in [3.63, 3.8) is 0 Å². The van der Waals surface area contributed by atoms with Gasteiger partial charge in [-0.05, 0) is 12.1 Å². The number of primary sulfonamides is 1. The van der Waals surface area contributed by atoms with Crippen molar-refractivity contribution >= 4 is 20.8 Å². The first-order chi connectivity index (χ1) is 9.04. The molecular formula is C13H15NO4S. The van der Waals surface area contributed by atoms with Crippen molar-refractivity contribution in [2.75, 3.05) is 20.3 Å². The summed E-state index contributed by atoms with van der Waals surface area (Å²) in [7, 11) is -2.16. The van der Waals surface area contributed by atoms with Crippen LogP contribution in [-0.4, -0.2) is 28.7 Å². The van der Waals surface area contributed by atoms with Crippen molar-refractivity contribution < 1.29 is 17.9 Å². The highest BCUT2D eigenvalue weighted by Crippen LogP contribution is 2.30. The van der Waals surface area contributed by atoms with Crippen LogP contribution in [-0.2, 0) is 14.8 Å². The number of sulfonamides is 1. The van der Waals surface area contributed by atoms with Crippen LogP contribution in [0.4, 0.5) is 0 Å². The molecule has 0 aliphatic rings. The number of ether oxygens (including phenoxy) is 2. The number of hydrogen-bond acceptors (Lipinski definition) is 4. The minimum atomic E-state index is -3.75. The fraction of sp³-hybridized carbons (Fsp3) is 0.231. The molecule has 0 saturated carbocycles. The molecule has 0 spiro atoms. The van der Waals surface area contributed by atoms with Crippen LogP contribution in [0.2, 0.25) is 0 Å². The molecule has 2 aromatic rings. The van der Waals surface area contributed by atoms with Crippen molar-refractivity contribution in [3.8, 4) is 5.75 Å². The van der Waals surface area contributed by atoms with E-state index in [4.69, 9.17) is 14.6 Å². The second-order valence-corrected chi connectivity index (χ2v) is 5.52. The van der Waals surface area contributed by atoms with Crippen LogP contribution < -0.4 is 9.88 Å². The SMILES string of the molecule is COCCOc1ccc(S(N)(=O)=O)c2ccccc12. The average molecular weight is 281 g/mol. The third-order valence-electron chi connectivity index (χ3n) is 2.70. The Morgan fingerprint density at radius 3 is 2.37 bits per heavy atom. The van der Waals surface area contributed by atoms with Crippen LogP contribution in [0.3, 0.4) is 0 Å². The molecule has 6 heteroatoms. The Balaban J connectivity index is 2.52. The molecule has 0 heterocycles. The van der Waals surface area contributed by atoms with E-state index in [-0.39, 0.29) is 4.90 Å². The van der Waals surface area contributed by atoms with Gasteiger partial charge in [0.2, 0.25) is 10.0 Å². The molecule has 0 aliphatic carbocycles. The summed E-state index contributed by atoms with van der Waals surface area (Å²) in [6.07, 6.45) is 0. The fourth-order valence-electron chi connectivity index (χ4n) is 1.85. The average Bonchev–Trinajstić information content (AvgIpc) is 2.37. The molecule has 0 fully saturated rings. The first-order valence-corrected chi connectivity index (χ1v) is 7.25. The van der Waals surface area contributed by atoms with Crippen LogP contribution in [0.25, 0.3) is 10.8 Å². The van der Waals surface area contributed by atoms with E-state index in [2.05, 4.69) is 0 Å². The first-order valence-electron chi connectivity index (χ1n) is 5.70. The van der Waals surface area contributed by atoms with Crippen LogP contribution in [0.5, 0.6) is 5.75 Å². The van der Waals surface area contributed by atoms with Gasteiger partial charge in [0.25, 0.3) is 0 Å². The van der Waals surface area contributed by atoms with Gasteiger partial charge in [0, 0.05) is 17.9 Å². The predicted octanol–water partition coefficient (Wildman–Crippen LogP) is 1.51. The number of fused-ring (bicyclic) bond motifs is 1. The Hall–Kier alpha value is -1.63. The quantitative estimate of drug-likeness (QED) is 0.843. The molecule has 0 radical (unpaired) electrons. The Bertz CT molecular complexity index is 682. The van der Waals surface area contributed by atoms with Crippen molar-refractivity contribution in [1.29, 1.82) is 0 Å². The van der Waals surface area contributed by atoms with Crippen LogP contribution in [0, 0.1) is 0 Å². The lowest BCUT2D eigenvalue weighted by atomic mass is 10.1. The molecule has 0 aliphatic heterocycles. The molecule has 0 atom stereocenters. The predicted molar refractivity (Wildman–Crippen MR) is 72.7 cm³/mol. The molecule has 0 unspecified atom stereocenters. The maximum atomic E-state index is 11.5. The molecule has 2 rings (SSSR count). The van der Waals surface area contributed by atoms with E-state index in [0.717, 1.165) is 0 Å². The highest BCUT2D eigenvalue weighted by Gasteiger charge is 2.14. The van der Waals surface area contributed by atoms with Gasteiger partial charge in [-0.15, -0.1) is 0 Å². The lowest BCUT2D eigenvalue weighted by Crippen LogP contribution is -2.13. The zero-order valence-corrected chi connectivity index (χ0v) is 11.3. The Kier molecular flexibility index (Phi) is 4.04. The maximum Gasteiger partial charge on any atom is 0.238 e. The van der Waals surface area contributed by atoms with Gasteiger partial charge in [0.05, 0.1) is 11.5 Å². The molecule has 19 heavy (non-hydrogen) atoms. The number of nitrogens with two attached hydrogens (primary N) is 1. The third kappa shape index (κ3) is 3.04. The second-order valence-electron chi connectivity index (χ2n) is 3.99. The highest BCUT2D eigenvalue weighted by molar-refractivity contribution is 7.89. The van der Waals surface area contributed by atoms with Gasteiger partial charge in [-0.3, -0.25) is 0 Å². The van der Waals surface area contributed by atoms with Crippen molar-refractivity contribution in [2.45, 2.75) is 4.90 Å². The lowest BCUT2D eigenvalue weighted by Gasteiger charge is -2.11. The van der Waals surface area contributed by atoms with Crippen molar-refractivity contribution in [2.24, 2.45) is 5.14 Å². The summed E-state index contributed by atoms with van der Waals surface area (Å²) in [5.74, 6) is 0.611. The zero-order valence-electron chi connectivity index (χ0n) is 10.5. The molecular weight excluding hydrogens is 266 g/mol. The fourth-order valence-corrected chi connectivity index (χ4v) is 2.59. The minimum Gasteiger partial charge on any atom is -0.491 e. The summed E-state index contributed by atoms with van der Waals surface area (Å²) in [4.78, 5) is 0.0993. The van der Waals surface area contributed by atoms with Crippen LogP contribution in [0.1, 0.15) is 0 Å². The summed E-state index contributed by atoms with van der Waals surface area (Å²) >= 11 is 0. The highest BCUT2D eigenvalue weighted by atomic mass is 32.2. The van der Waals surface area contributed by atoms with Gasteiger partial charge in [0.15, 0.2) is 0 Å². The molecule has 0 aromatic heterocycles. The molecule has 0 bridgehead atoms. The van der Waals surface area contributed by atoms with Crippen LogP contribution in [0.15, 0.2) is 41.3 Å². The summed E-state index contributed by atoms with van der Waals surface area (Å²) in [6, 6.07) is 10.1. The molecule has 2 N–H and O–H groups in total. The normalized spacial score (nSPS) is 11.7. The molecule has 2 aromatic carbocycles. The maximum absolute atomic E-state index is 11.5. The van der Waals surface area contributed by atoms with Gasteiger partial charge < -0.3 is 9.47 Å².